The van der Waals surface area contributed by atoms with Crippen molar-refractivity contribution in [1.82, 2.24) is 14.8 Å². The van der Waals surface area contributed by atoms with Gasteiger partial charge >= 0.3 is 6.09 Å². The van der Waals surface area contributed by atoms with Crippen molar-refractivity contribution in [2.45, 2.75) is 25.8 Å². The van der Waals surface area contributed by atoms with Gasteiger partial charge in [-0.3, -0.25) is 14.6 Å². The van der Waals surface area contributed by atoms with Gasteiger partial charge in [0, 0.05) is 54.7 Å². The average molecular weight is 628 g/mol. The van der Waals surface area contributed by atoms with Crippen LogP contribution in [-0.4, -0.2) is 72.5 Å². The van der Waals surface area contributed by atoms with Gasteiger partial charge in [0.1, 0.15) is 22.7 Å². The molecule has 0 bridgehead atoms. The molecule has 0 unspecified atom stereocenters. The molecule has 2 aliphatic rings. The molecule has 0 radical (unpaired) electrons. The van der Waals surface area contributed by atoms with Crippen LogP contribution in [0.15, 0.2) is 72.9 Å². The lowest BCUT2D eigenvalue weighted by Gasteiger charge is -2.36. The normalized spacial score (nSPS) is 17.2. The Hall–Kier alpha value is -5.23. The number of amides is 3. The summed E-state index contributed by atoms with van der Waals surface area (Å²) in [7, 11) is 3.53. The first-order valence-corrected chi connectivity index (χ1v) is 15.0. The molecule has 11 nitrogen and oxygen atoms in total. The Labute approximate surface area is 265 Å². The van der Waals surface area contributed by atoms with E-state index in [1.807, 2.05) is 7.05 Å². The first-order chi connectivity index (χ1) is 22.1. The summed E-state index contributed by atoms with van der Waals surface area (Å²) in [4.78, 5) is 47.2. The summed E-state index contributed by atoms with van der Waals surface area (Å²) in [6, 6.07) is 17.5. The molecular formula is C34H34FN5O6. The lowest BCUT2D eigenvalue weighted by molar-refractivity contribution is -0.131. The summed E-state index contributed by atoms with van der Waals surface area (Å²) in [5.41, 5.74) is 0.297. The van der Waals surface area contributed by atoms with Crippen LogP contribution in [0.3, 0.4) is 0 Å². The second-order valence-corrected chi connectivity index (χ2v) is 11.6. The van der Waals surface area contributed by atoms with E-state index < -0.39 is 29.1 Å². The van der Waals surface area contributed by atoms with Crippen molar-refractivity contribution in [1.29, 1.82) is 0 Å². The van der Waals surface area contributed by atoms with E-state index in [2.05, 4.69) is 27.4 Å². The maximum Gasteiger partial charge on any atom is 0.415 e. The number of halogens is 1. The summed E-state index contributed by atoms with van der Waals surface area (Å²) in [5.74, 6) is 0.367. The molecule has 1 aromatic heterocycles. The Morgan fingerprint density at radius 3 is 2.15 bits per heavy atom. The summed E-state index contributed by atoms with van der Waals surface area (Å²) in [5, 5.41) is 6.16. The van der Waals surface area contributed by atoms with Gasteiger partial charge in [-0.2, -0.15) is 0 Å². The number of methoxy groups -OCH3 is 1. The van der Waals surface area contributed by atoms with Gasteiger partial charge in [0.2, 0.25) is 11.8 Å². The van der Waals surface area contributed by atoms with Gasteiger partial charge in [-0.25, -0.2) is 9.18 Å². The Bertz CT molecular complexity index is 1780. The number of anilines is 2. The monoisotopic (exact) mass is 627 g/mol. The number of nitrogens with zero attached hydrogens (tertiary/aromatic N) is 3. The molecule has 1 aliphatic carbocycles. The molecule has 46 heavy (non-hydrogen) atoms. The molecule has 2 fully saturated rings. The number of rotatable bonds is 8. The fraction of sp³-hybridized carbons (Fsp3) is 0.294. The second-order valence-electron chi connectivity index (χ2n) is 11.6. The number of benzene rings is 3. The van der Waals surface area contributed by atoms with Crippen molar-refractivity contribution < 1.29 is 33.0 Å². The predicted octanol–water partition coefficient (Wildman–Crippen LogP) is 5.67. The number of piperazine rings is 1. The predicted molar refractivity (Wildman–Crippen MR) is 170 cm³/mol. The molecule has 6 rings (SSSR count). The zero-order valence-corrected chi connectivity index (χ0v) is 25.7. The highest BCUT2D eigenvalue weighted by atomic mass is 19.1. The number of nitrogens with one attached hydrogen (secondary N) is 2. The van der Waals surface area contributed by atoms with E-state index in [0.717, 1.165) is 6.54 Å². The van der Waals surface area contributed by atoms with Gasteiger partial charge in [-0.15, -0.1) is 0 Å². The molecule has 4 aromatic rings. The fourth-order valence-corrected chi connectivity index (χ4v) is 5.28. The van der Waals surface area contributed by atoms with E-state index >= 15 is 0 Å². The highest BCUT2D eigenvalue weighted by molar-refractivity contribution is 6.16. The van der Waals surface area contributed by atoms with Crippen molar-refractivity contribution in [3.8, 4) is 23.0 Å². The zero-order chi connectivity index (χ0) is 32.4. The molecule has 3 aromatic carbocycles. The van der Waals surface area contributed by atoms with Crippen LogP contribution < -0.4 is 24.8 Å². The molecule has 3 amide bonds. The molecule has 2 N–H and O–H groups in total. The third kappa shape index (κ3) is 6.43. The molecule has 1 saturated heterocycles. The van der Waals surface area contributed by atoms with E-state index in [1.165, 1.54) is 31.4 Å². The van der Waals surface area contributed by atoms with Crippen LogP contribution >= 0.6 is 0 Å². The highest BCUT2D eigenvalue weighted by Crippen LogP contribution is 2.47. The maximum atomic E-state index is 13.2. The number of carbonyl (C=O) groups is 3. The first kappa shape index (κ1) is 30.8. The number of likely N-dealkylation sites (N-methyl/N-ethyl adjacent to an activating group) is 1. The second kappa shape index (κ2) is 12.6. The quantitative estimate of drug-likeness (QED) is 0.240. The van der Waals surface area contributed by atoms with Crippen molar-refractivity contribution >= 4 is 40.2 Å². The molecule has 238 valence electrons. The summed E-state index contributed by atoms with van der Waals surface area (Å²) in [6.07, 6.45) is 1.99. The van der Waals surface area contributed by atoms with Crippen LogP contribution in [0.5, 0.6) is 23.0 Å². The van der Waals surface area contributed by atoms with Crippen molar-refractivity contribution in [3.63, 3.8) is 0 Å². The van der Waals surface area contributed by atoms with Gasteiger partial charge in [-0.1, -0.05) is 0 Å². The van der Waals surface area contributed by atoms with E-state index in [0.29, 0.717) is 65.5 Å². The van der Waals surface area contributed by atoms with E-state index in [9.17, 15) is 18.8 Å². The van der Waals surface area contributed by atoms with Crippen molar-refractivity contribution in [3.05, 3.63) is 78.7 Å². The van der Waals surface area contributed by atoms with Crippen LogP contribution in [0.25, 0.3) is 10.9 Å². The van der Waals surface area contributed by atoms with Gasteiger partial charge < -0.3 is 34.6 Å². The summed E-state index contributed by atoms with van der Waals surface area (Å²) < 4.78 is 30.7. The lowest BCUT2D eigenvalue weighted by atomic mass is 10.0. The van der Waals surface area contributed by atoms with Crippen LogP contribution in [0.1, 0.15) is 19.8 Å². The topological polar surface area (TPSA) is 122 Å². The number of ether oxygens (including phenoxy) is 3. The molecule has 1 atom stereocenters. The minimum absolute atomic E-state index is 0.224. The maximum absolute atomic E-state index is 13.2. The smallest absolute Gasteiger partial charge is 0.415 e. The Balaban J connectivity index is 1.12. The van der Waals surface area contributed by atoms with Gasteiger partial charge in [0.15, 0.2) is 11.5 Å². The number of hydrogen-bond donors (Lipinski definition) is 2. The van der Waals surface area contributed by atoms with E-state index in [1.54, 1.807) is 53.6 Å². The number of fused-ring (bicyclic) bond motifs is 1. The summed E-state index contributed by atoms with van der Waals surface area (Å²) in [6.45, 7) is 3.96. The van der Waals surface area contributed by atoms with Crippen LogP contribution in [-0.2, 0) is 9.59 Å². The standard InChI is InChI=1S/C34H34FN5O6/c1-21-20-40(17-16-39(21)2)33(43)46-30-19-27-26(18-29(30)44-3)28(12-15-36-27)45-25-10-8-24(9-11-25)38-32(42)34(13-14-34)31(41)37-23-6-4-22(35)5-7-23/h4-12,15,18-19,21H,13-14,16-17,20H2,1-3H3,(H,37,41)(H,38,42)/t21-/m0/s1. The molecule has 12 heteroatoms. The van der Waals surface area contributed by atoms with Crippen LogP contribution in [0, 0.1) is 11.2 Å². The zero-order valence-electron chi connectivity index (χ0n) is 25.7. The van der Waals surface area contributed by atoms with Gasteiger partial charge in [-0.05, 0) is 87.5 Å². The van der Waals surface area contributed by atoms with Gasteiger partial charge in [0.05, 0.1) is 12.6 Å². The summed E-state index contributed by atoms with van der Waals surface area (Å²) >= 11 is 0. The van der Waals surface area contributed by atoms with Gasteiger partial charge in [0.25, 0.3) is 0 Å². The Kier molecular flexibility index (Phi) is 8.46. The molecule has 2 heterocycles. The minimum Gasteiger partial charge on any atom is -0.493 e. The molecule has 1 aliphatic heterocycles. The van der Waals surface area contributed by atoms with Crippen LogP contribution in [0.2, 0.25) is 0 Å². The van der Waals surface area contributed by atoms with Crippen LogP contribution in [0.4, 0.5) is 20.6 Å². The highest BCUT2D eigenvalue weighted by Gasteiger charge is 2.56. The third-order valence-corrected chi connectivity index (χ3v) is 8.46. The fourth-order valence-electron chi connectivity index (χ4n) is 5.28. The van der Waals surface area contributed by atoms with E-state index in [-0.39, 0.29) is 11.8 Å². The number of aromatic nitrogens is 1. The average Bonchev–Trinajstić information content (AvgIpc) is 3.87. The van der Waals surface area contributed by atoms with E-state index in [4.69, 9.17) is 14.2 Å². The first-order valence-electron chi connectivity index (χ1n) is 15.0. The number of carbonyl (C=O) groups excluding carboxylic acids is 3. The SMILES string of the molecule is COc1cc2c(Oc3ccc(NC(=O)C4(C(=O)Nc5ccc(F)cc5)CC4)cc3)ccnc2cc1OC(=O)N1CCN(C)[C@@H](C)C1. The molecule has 0 spiro atoms. The number of hydrogen-bond acceptors (Lipinski definition) is 8. The Morgan fingerprint density at radius 1 is 0.891 bits per heavy atom. The largest absolute Gasteiger partial charge is 0.493 e. The minimum atomic E-state index is -1.17. The molecule has 1 saturated carbocycles. The lowest BCUT2D eigenvalue weighted by Crippen LogP contribution is -2.52. The Morgan fingerprint density at radius 2 is 1.54 bits per heavy atom. The van der Waals surface area contributed by atoms with Crippen molar-refractivity contribution in [2.24, 2.45) is 5.41 Å². The molecular weight excluding hydrogens is 593 g/mol. The number of pyridine rings is 1. The van der Waals surface area contributed by atoms with Crippen molar-refractivity contribution in [2.75, 3.05) is 44.4 Å². The third-order valence-electron chi connectivity index (χ3n) is 8.46.